The zero-order valence-electron chi connectivity index (χ0n) is 80.6. The highest BCUT2D eigenvalue weighted by Crippen LogP contribution is 2.46. The van der Waals surface area contributed by atoms with E-state index in [4.69, 9.17) is 53.7 Å². The molecule has 0 amide bonds. The van der Waals surface area contributed by atoms with Crippen LogP contribution >= 0.6 is 11.3 Å². The van der Waals surface area contributed by atoms with Gasteiger partial charge in [-0.3, -0.25) is 0 Å². The van der Waals surface area contributed by atoms with E-state index in [0.717, 1.165) is 139 Å². The molecule has 14 nitrogen and oxygen atoms in total. The second kappa shape index (κ2) is 37.2. The molecule has 9 heterocycles. The molecule has 21 aromatic carbocycles. The summed E-state index contributed by atoms with van der Waals surface area (Å²) in [5.41, 5.74) is 28.9. The first-order valence-electron chi connectivity index (χ1n) is 50.1. The molecule has 0 saturated heterocycles. The number of aromatic nitrogens is 12. The molecule has 0 fully saturated rings. The number of furan rings is 2. The monoisotopic (exact) mass is 1940 g/mol. The maximum absolute atomic E-state index is 6.76. The second-order valence-electron chi connectivity index (χ2n) is 37.4. The van der Waals surface area contributed by atoms with Crippen LogP contribution in [0.4, 0.5) is 0 Å². The fraction of sp³-hybridized carbons (Fsp3) is 0. The molecule has 0 aliphatic rings. The van der Waals surface area contributed by atoms with Gasteiger partial charge in [0.2, 0.25) is 0 Å². The van der Waals surface area contributed by atoms with Crippen molar-refractivity contribution in [3.05, 3.63) is 510 Å². The van der Waals surface area contributed by atoms with Gasteiger partial charge in [0, 0.05) is 125 Å². The lowest BCUT2D eigenvalue weighted by molar-refractivity contribution is 0.666. The van der Waals surface area contributed by atoms with Crippen LogP contribution in [0.1, 0.15) is 0 Å². The van der Waals surface area contributed by atoms with Crippen molar-refractivity contribution in [2.24, 2.45) is 0 Å². The maximum Gasteiger partial charge on any atom is 0.164 e. The third-order valence-corrected chi connectivity index (χ3v) is 29.6. The zero-order chi connectivity index (χ0) is 99.1. The number of para-hydroxylation sites is 8. The summed E-state index contributed by atoms with van der Waals surface area (Å²) in [6.07, 6.45) is 0. The summed E-state index contributed by atoms with van der Waals surface area (Å²) in [5, 5.41) is 14.2. The van der Waals surface area contributed by atoms with Crippen LogP contribution in [-0.2, 0) is 0 Å². The van der Waals surface area contributed by atoms with Crippen LogP contribution < -0.4 is 0 Å². The van der Waals surface area contributed by atoms with Gasteiger partial charge in [0.15, 0.2) is 58.0 Å². The molecule has 15 heteroatoms. The summed E-state index contributed by atoms with van der Waals surface area (Å²) in [6.45, 7) is 0. The first kappa shape index (κ1) is 87.6. The molecule has 0 atom stereocenters. The minimum absolute atomic E-state index is 0.589. The topological polar surface area (TPSA) is 157 Å². The number of rotatable bonds is 15. The van der Waals surface area contributed by atoms with Gasteiger partial charge in [0.1, 0.15) is 16.7 Å². The highest BCUT2D eigenvalue weighted by molar-refractivity contribution is 7.26. The number of fused-ring (bicyclic) bond motifs is 18. The molecule has 0 aliphatic carbocycles. The van der Waals surface area contributed by atoms with E-state index >= 15 is 0 Å². The van der Waals surface area contributed by atoms with E-state index in [-0.39, 0.29) is 0 Å². The number of hydrogen-bond acceptors (Lipinski definition) is 12. The number of hydrogen-bond donors (Lipinski definition) is 0. The third kappa shape index (κ3) is 15.9. The van der Waals surface area contributed by atoms with Crippen molar-refractivity contribution >= 4 is 141 Å². The van der Waals surface area contributed by atoms with Crippen molar-refractivity contribution < 1.29 is 8.83 Å². The van der Waals surface area contributed by atoms with E-state index < -0.39 is 0 Å². The number of benzene rings is 21. The smallest absolute Gasteiger partial charge is 0.164 e. The Hall–Kier alpha value is -20.1. The summed E-state index contributed by atoms with van der Waals surface area (Å²) in [4.78, 5) is 44.9. The zero-order valence-corrected chi connectivity index (χ0v) is 81.4. The lowest BCUT2D eigenvalue weighted by atomic mass is 10.0. The maximum atomic E-state index is 6.76. The van der Waals surface area contributed by atoms with Gasteiger partial charge in [0.05, 0.1) is 49.2 Å². The fourth-order valence-corrected chi connectivity index (χ4v) is 22.4. The summed E-state index contributed by atoms with van der Waals surface area (Å²) < 4.78 is 22.5. The average molecular weight is 1940 g/mol. The van der Waals surface area contributed by atoms with Gasteiger partial charge >= 0.3 is 0 Å². The Morgan fingerprint density at radius 3 is 0.827 bits per heavy atom. The van der Waals surface area contributed by atoms with Gasteiger partial charge in [-0.15, -0.1) is 11.3 Å². The van der Waals surface area contributed by atoms with Crippen LogP contribution in [0.15, 0.2) is 518 Å². The van der Waals surface area contributed by atoms with Crippen molar-refractivity contribution in [1.82, 2.24) is 58.6 Å². The first-order chi connectivity index (χ1) is 74.3. The molecule has 0 aliphatic heterocycles. The van der Waals surface area contributed by atoms with Crippen LogP contribution in [0, 0.1) is 0 Å². The van der Waals surface area contributed by atoms with Gasteiger partial charge in [-0.2, -0.15) is 0 Å². The van der Waals surface area contributed by atoms with Gasteiger partial charge < -0.3 is 22.5 Å². The Bertz CT molecular complexity index is 9910. The predicted octanol–water partition coefficient (Wildman–Crippen LogP) is 35.1. The molecule has 150 heavy (non-hydrogen) atoms. The third-order valence-electron chi connectivity index (χ3n) is 28.4. The highest BCUT2D eigenvalue weighted by atomic mass is 32.1. The first-order valence-corrected chi connectivity index (χ1v) is 50.9. The Kier molecular flexibility index (Phi) is 21.8. The van der Waals surface area contributed by atoms with Crippen molar-refractivity contribution in [2.75, 3.05) is 0 Å². The number of thiophene rings is 1. The van der Waals surface area contributed by atoms with E-state index in [1.54, 1.807) is 0 Å². The van der Waals surface area contributed by atoms with E-state index in [0.29, 0.717) is 52.4 Å². The lowest BCUT2D eigenvalue weighted by Gasteiger charge is -2.11. The SMILES string of the molecule is c1ccc(-c2ccc(-c3nc(-c4ccccc4)nc(-c4ccc5c(c4)oc4c(-n6c7ccccc7c7ccccc76)cccc45)n3)cc2)cc1.c1ccc(-c2ccc(-c3nc(-c4ccccc4)nc(-c4ccc5c(c4)sc4c(-n6c7ccccc7c7ccccc76)cccc45)n3)cc2)cc1.c1ccc(-c2nc(-c3ccc(-c4cccc(-n5c6ccccc6c6ccccc65)c4)cc3)nc(-c3ccc4c(c3)oc3ccccc34)n2)cc1. The second-order valence-corrected chi connectivity index (χ2v) is 38.4. The van der Waals surface area contributed by atoms with E-state index in [9.17, 15) is 0 Å². The Labute approximate surface area is 864 Å². The normalized spacial score (nSPS) is 11.6. The molecule has 0 unspecified atom stereocenters. The molecule has 9 aromatic heterocycles. The number of nitrogens with zero attached hydrogens (tertiary/aromatic N) is 12. The minimum Gasteiger partial charge on any atom is -0.456 e. The van der Waals surface area contributed by atoms with Crippen molar-refractivity contribution in [3.63, 3.8) is 0 Å². The Balaban J connectivity index is 0.000000108. The van der Waals surface area contributed by atoms with Gasteiger partial charge in [-0.25, -0.2) is 44.9 Å². The Morgan fingerprint density at radius 1 is 0.153 bits per heavy atom. The molecule has 0 spiro atoms. The fourth-order valence-electron chi connectivity index (χ4n) is 21.2. The summed E-state index contributed by atoms with van der Waals surface area (Å²) in [7, 11) is 0. The van der Waals surface area contributed by atoms with E-state index in [1.165, 1.54) is 91.4 Å². The van der Waals surface area contributed by atoms with Crippen LogP contribution in [0.5, 0.6) is 0 Å². The van der Waals surface area contributed by atoms with Crippen LogP contribution in [-0.4, -0.2) is 58.6 Å². The molecular formula is C135H84N12O2S. The molecule has 0 saturated carbocycles. The lowest BCUT2D eigenvalue weighted by Crippen LogP contribution is -2.00. The summed E-state index contributed by atoms with van der Waals surface area (Å²) >= 11 is 1.82. The van der Waals surface area contributed by atoms with Crippen LogP contribution in [0.25, 0.3) is 282 Å². The molecule has 0 bridgehead atoms. The molecule has 0 radical (unpaired) electrons. The van der Waals surface area contributed by atoms with Gasteiger partial charge in [-0.1, -0.05) is 413 Å². The standard InChI is InChI=1S/2C45H28N4O.C45H28N4S/c1-3-12-29(13-4-1)30-22-24-32(25-23-30)44-46-43(31-14-5-2-6-15-31)47-45(48-44)33-26-27-36-37-18-11-21-40(42(37)50-41(36)28-33)49-38-19-9-7-16-34(38)35-17-8-10-20-39(35)49;1-2-11-30(12-3-1)43-46-44(48-45(47-43)33-25-26-38-37-17-6-9-20-41(37)50-42(38)28-33)31-23-21-29(22-24-31)32-13-10-14-34(27-32)49-39-18-7-4-15-35(39)36-16-5-8-19-40(36)49;1-3-12-29(13-4-1)30-22-24-32(25-23-30)44-46-43(31-14-5-2-6-15-31)47-45(48-44)33-26-27-36-37-18-11-21-40(42(37)50-41(36)28-33)49-38-19-9-7-16-34(38)35-17-8-10-20-39(35)49/h3*1-28H. The molecule has 0 N–H and O–H groups in total. The van der Waals surface area contributed by atoms with Gasteiger partial charge in [0.25, 0.3) is 0 Å². The van der Waals surface area contributed by atoms with E-state index in [1.807, 2.05) is 139 Å². The minimum atomic E-state index is 0.589. The summed E-state index contributed by atoms with van der Waals surface area (Å²) in [5.74, 6) is 5.62. The van der Waals surface area contributed by atoms with Crippen molar-refractivity contribution in [1.29, 1.82) is 0 Å². The molecule has 30 rings (SSSR count). The van der Waals surface area contributed by atoms with Crippen LogP contribution in [0.3, 0.4) is 0 Å². The average Bonchev–Trinajstić information content (AvgIpc) is 1.58. The van der Waals surface area contributed by atoms with Crippen molar-refractivity contribution in [2.45, 2.75) is 0 Å². The van der Waals surface area contributed by atoms with Crippen molar-refractivity contribution in [3.8, 4) is 153 Å². The van der Waals surface area contributed by atoms with E-state index in [2.05, 4.69) is 396 Å². The summed E-state index contributed by atoms with van der Waals surface area (Å²) in [6, 6.07) is 177. The Morgan fingerprint density at radius 2 is 0.413 bits per heavy atom. The van der Waals surface area contributed by atoms with Gasteiger partial charge in [-0.05, 0) is 130 Å². The predicted molar refractivity (Wildman–Crippen MR) is 615 cm³/mol. The molecular weight excluding hydrogens is 1850 g/mol. The molecule has 702 valence electrons. The largest absolute Gasteiger partial charge is 0.456 e. The van der Waals surface area contributed by atoms with Crippen LogP contribution in [0.2, 0.25) is 0 Å². The molecule has 30 aromatic rings. The highest BCUT2D eigenvalue weighted by Gasteiger charge is 2.25. The quantitative estimate of drug-likeness (QED) is 0.0962.